The molecule has 1 aliphatic carbocycles. The van der Waals surface area contributed by atoms with Gasteiger partial charge >= 0.3 is 0 Å². The molecule has 0 radical (unpaired) electrons. The molecule has 0 aromatic carbocycles. The predicted molar refractivity (Wildman–Crippen MR) is 47.8 cm³/mol. The molecule has 1 saturated carbocycles. The van der Waals surface area contributed by atoms with E-state index in [0.717, 1.165) is 19.3 Å². The summed E-state index contributed by atoms with van der Waals surface area (Å²) in [6.45, 7) is 0.656. The van der Waals surface area contributed by atoms with E-state index >= 15 is 0 Å². The summed E-state index contributed by atoms with van der Waals surface area (Å²) in [7, 11) is -2.75. The van der Waals surface area contributed by atoms with Gasteiger partial charge in [0.1, 0.15) is 0 Å². The van der Waals surface area contributed by atoms with Crippen LogP contribution >= 0.6 is 0 Å². The van der Waals surface area contributed by atoms with Crippen molar-refractivity contribution in [3.63, 3.8) is 0 Å². The lowest BCUT2D eigenvalue weighted by Gasteiger charge is -2.35. The zero-order valence-electron chi connectivity index (χ0n) is 7.12. The minimum atomic E-state index is -2.75. The van der Waals surface area contributed by atoms with Crippen molar-refractivity contribution in [2.24, 2.45) is 0 Å². The third-order valence-electron chi connectivity index (χ3n) is 2.96. The summed E-state index contributed by atoms with van der Waals surface area (Å²) < 4.78 is 23.2. The molecule has 1 N–H and O–H groups in total. The van der Waals surface area contributed by atoms with Crippen molar-refractivity contribution in [2.75, 3.05) is 12.3 Å². The molecule has 0 bridgehead atoms. The highest BCUT2D eigenvalue weighted by Crippen LogP contribution is 2.26. The number of sulfone groups is 1. The quantitative estimate of drug-likeness (QED) is 0.597. The Morgan fingerprint density at radius 2 is 1.92 bits per heavy atom. The molecule has 2 aliphatic rings. The zero-order valence-corrected chi connectivity index (χ0v) is 7.94. The Hall–Kier alpha value is -0.0900. The fourth-order valence-corrected chi connectivity index (χ4v) is 4.26. The average Bonchev–Trinajstić information content (AvgIpc) is 2.04. The van der Waals surface area contributed by atoms with E-state index in [1.807, 2.05) is 0 Å². The lowest BCUT2D eigenvalue weighted by atomic mass is 9.95. The van der Waals surface area contributed by atoms with Crippen LogP contribution in [0.2, 0.25) is 0 Å². The number of rotatable bonds is 0. The summed E-state index contributed by atoms with van der Waals surface area (Å²) in [5.41, 5.74) is 0. The van der Waals surface area contributed by atoms with Crippen LogP contribution in [0.1, 0.15) is 25.7 Å². The molecule has 1 saturated heterocycles. The van der Waals surface area contributed by atoms with Gasteiger partial charge in [-0.1, -0.05) is 12.8 Å². The molecule has 3 nitrogen and oxygen atoms in total. The van der Waals surface area contributed by atoms with Crippen molar-refractivity contribution in [1.29, 1.82) is 0 Å². The molecule has 0 amide bonds. The van der Waals surface area contributed by atoms with Gasteiger partial charge in [0.15, 0.2) is 9.84 Å². The Kier molecular flexibility index (Phi) is 2.12. The normalized spacial score (nSPS) is 40.3. The fraction of sp³-hybridized carbons (Fsp3) is 1.00. The van der Waals surface area contributed by atoms with Gasteiger partial charge in [-0.25, -0.2) is 8.42 Å². The summed E-state index contributed by atoms with van der Waals surface area (Å²) in [4.78, 5) is 0. The molecule has 2 fully saturated rings. The molecule has 0 aromatic rings. The highest BCUT2D eigenvalue weighted by atomic mass is 32.2. The van der Waals surface area contributed by atoms with Crippen molar-refractivity contribution < 1.29 is 8.42 Å². The standard InChI is InChI=1S/C8H15NO2S/c10-12(11)6-5-9-7-3-1-2-4-8(7)12/h7-9H,1-6H2/t7-,8+/m0/s1. The lowest BCUT2D eigenvalue weighted by molar-refractivity contribution is 0.363. The molecule has 12 heavy (non-hydrogen) atoms. The van der Waals surface area contributed by atoms with Gasteiger partial charge in [-0.3, -0.25) is 0 Å². The molecule has 70 valence electrons. The maximum Gasteiger partial charge on any atom is 0.155 e. The number of hydrogen-bond donors (Lipinski definition) is 1. The Morgan fingerprint density at radius 3 is 2.67 bits per heavy atom. The summed E-state index contributed by atoms with van der Waals surface area (Å²) >= 11 is 0. The summed E-state index contributed by atoms with van der Waals surface area (Å²) in [5, 5.41) is 3.23. The summed E-state index contributed by atoms with van der Waals surface area (Å²) in [5.74, 6) is 0.341. The minimum absolute atomic E-state index is 0.0694. The maximum atomic E-state index is 11.6. The van der Waals surface area contributed by atoms with Crippen LogP contribution in [-0.4, -0.2) is 32.0 Å². The van der Waals surface area contributed by atoms with Crippen molar-refractivity contribution in [3.05, 3.63) is 0 Å². The second kappa shape index (κ2) is 3.00. The van der Waals surface area contributed by atoms with Gasteiger partial charge in [-0.05, 0) is 12.8 Å². The van der Waals surface area contributed by atoms with Crippen LogP contribution in [0.4, 0.5) is 0 Å². The predicted octanol–water partition coefficient (Wildman–Crippen LogP) is 0.316. The topological polar surface area (TPSA) is 46.2 Å². The number of fused-ring (bicyclic) bond motifs is 1. The first-order chi connectivity index (χ1) is 5.70. The van der Waals surface area contributed by atoms with E-state index < -0.39 is 9.84 Å². The van der Waals surface area contributed by atoms with E-state index in [1.165, 1.54) is 6.42 Å². The average molecular weight is 189 g/mol. The van der Waals surface area contributed by atoms with E-state index in [2.05, 4.69) is 5.32 Å². The maximum absolute atomic E-state index is 11.6. The van der Waals surface area contributed by atoms with Gasteiger partial charge in [-0.15, -0.1) is 0 Å². The van der Waals surface area contributed by atoms with Gasteiger partial charge in [0.2, 0.25) is 0 Å². The van der Waals surface area contributed by atoms with E-state index in [9.17, 15) is 8.42 Å². The monoisotopic (exact) mass is 189 g/mol. The first-order valence-electron chi connectivity index (χ1n) is 4.65. The number of hydrogen-bond acceptors (Lipinski definition) is 3. The van der Waals surface area contributed by atoms with Crippen LogP contribution in [-0.2, 0) is 9.84 Å². The van der Waals surface area contributed by atoms with Crippen molar-refractivity contribution in [1.82, 2.24) is 5.32 Å². The van der Waals surface area contributed by atoms with Crippen LogP contribution in [0.25, 0.3) is 0 Å². The Bertz CT molecular complexity index is 258. The third-order valence-corrected chi connectivity index (χ3v) is 5.22. The fourth-order valence-electron chi connectivity index (χ4n) is 2.30. The van der Waals surface area contributed by atoms with Crippen molar-refractivity contribution in [3.8, 4) is 0 Å². The highest BCUT2D eigenvalue weighted by Gasteiger charge is 2.37. The van der Waals surface area contributed by atoms with Gasteiger partial charge in [0, 0.05) is 12.6 Å². The van der Waals surface area contributed by atoms with Crippen LogP contribution in [0.3, 0.4) is 0 Å². The van der Waals surface area contributed by atoms with Crippen LogP contribution in [0.15, 0.2) is 0 Å². The molecule has 1 aliphatic heterocycles. The molecular weight excluding hydrogens is 174 g/mol. The molecule has 1 heterocycles. The van der Waals surface area contributed by atoms with Gasteiger partial charge < -0.3 is 5.32 Å². The SMILES string of the molecule is O=S1(=O)CCN[C@H]2CCCC[C@H]21. The van der Waals surface area contributed by atoms with E-state index in [-0.39, 0.29) is 11.3 Å². The molecule has 0 spiro atoms. The Morgan fingerprint density at radius 1 is 1.17 bits per heavy atom. The molecule has 2 rings (SSSR count). The van der Waals surface area contributed by atoms with Crippen molar-refractivity contribution >= 4 is 9.84 Å². The Labute approximate surface area is 73.5 Å². The molecule has 2 atom stereocenters. The smallest absolute Gasteiger partial charge is 0.155 e. The Balaban J connectivity index is 2.20. The van der Waals surface area contributed by atoms with Crippen LogP contribution in [0.5, 0.6) is 0 Å². The van der Waals surface area contributed by atoms with Gasteiger partial charge in [0.05, 0.1) is 11.0 Å². The zero-order chi connectivity index (χ0) is 8.60. The third kappa shape index (κ3) is 1.38. The van der Waals surface area contributed by atoms with Crippen molar-refractivity contribution in [2.45, 2.75) is 37.0 Å². The van der Waals surface area contributed by atoms with E-state index in [0.29, 0.717) is 12.3 Å². The summed E-state index contributed by atoms with van der Waals surface area (Å²) in [6.07, 6.45) is 4.19. The second-order valence-electron chi connectivity index (χ2n) is 3.75. The number of nitrogens with one attached hydrogen (secondary N) is 1. The van der Waals surface area contributed by atoms with Gasteiger partial charge in [0.25, 0.3) is 0 Å². The summed E-state index contributed by atoms with van der Waals surface area (Å²) in [6, 6.07) is 0.262. The molecule has 0 unspecified atom stereocenters. The second-order valence-corrected chi connectivity index (χ2v) is 6.09. The van der Waals surface area contributed by atoms with E-state index in [4.69, 9.17) is 0 Å². The van der Waals surface area contributed by atoms with Crippen LogP contribution in [0, 0.1) is 0 Å². The first-order valence-corrected chi connectivity index (χ1v) is 6.37. The first kappa shape index (κ1) is 8.51. The highest BCUT2D eigenvalue weighted by molar-refractivity contribution is 7.92. The van der Waals surface area contributed by atoms with E-state index in [1.54, 1.807) is 0 Å². The van der Waals surface area contributed by atoms with Gasteiger partial charge in [-0.2, -0.15) is 0 Å². The molecular formula is C8H15NO2S. The molecule has 0 aromatic heterocycles. The minimum Gasteiger partial charge on any atom is -0.312 e. The largest absolute Gasteiger partial charge is 0.312 e. The lowest BCUT2D eigenvalue weighted by Crippen LogP contribution is -2.53. The van der Waals surface area contributed by atoms with Crippen LogP contribution < -0.4 is 5.32 Å². The molecule has 4 heteroatoms.